The van der Waals surface area contributed by atoms with Gasteiger partial charge in [0.2, 0.25) is 10.0 Å². The van der Waals surface area contributed by atoms with E-state index in [1.54, 1.807) is 6.07 Å². The molecule has 0 saturated carbocycles. The quantitative estimate of drug-likeness (QED) is 0.664. The Balaban J connectivity index is 1.75. The summed E-state index contributed by atoms with van der Waals surface area (Å²) in [5.74, 6) is -0.405. The monoisotopic (exact) mass is 356 g/mol. The number of benzene rings is 2. The first kappa shape index (κ1) is 16.9. The number of aromatic amines is 1. The van der Waals surface area contributed by atoms with Crippen molar-refractivity contribution in [2.75, 3.05) is 5.32 Å². The number of sulfonamides is 1. The number of nitrogens with zero attached hydrogens (tertiary/aromatic N) is 1. The Bertz CT molecular complexity index is 1010. The van der Waals surface area contributed by atoms with Crippen LogP contribution in [0.25, 0.3) is 11.3 Å². The standard InChI is InChI=1S/C17H16N4O3S/c1-11-2-4-12(5-3-11)15-10-16(21-20-15)17(22)19-13-6-8-14(9-7-13)25(18,23)24/h2-10H,1H3,(H,19,22)(H,20,21)(H2,18,23,24). The summed E-state index contributed by atoms with van der Waals surface area (Å²) in [5, 5.41) is 14.5. The van der Waals surface area contributed by atoms with Gasteiger partial charge in [-0.25, -0.2) is 13.6 Å². The molecule has 3 rings (SSSR count). The number of hydrogen-bond acceptors (Lipinski definition) is 4. The molecule has 0 aliphatic carbocycles. The molecular formula is C17H16N4O3S. The summed E-state index contributed by atoms with van der Waals surface area (Å²) < 4.78 is 22.4. The molecule has 2 aromatic carbocycles. The number of anilines is 1. The Morgan fingerprint density at radius 3 is 2.32 bits per heavy atom. The third kappa shape index (κ3) is 3.93. The van der Waals surface area contributed by atoms with Gasteiger partial charge in [0.15, 0.2) is 5.69 Å². The molecule has 0 aliphatic rings. The molecule has 0 radical (unpaired) electrons. The zero-order valence-corrected chi connectivity index (χ0v) is 14.2. The van der Waals surface area contributed by atoms with Gasteiger partial charge in [-0.3, -0.25) is 9.89 Å². The number of H-pyrrole nitrogens is 1. The molecular weight excluding hydrogens is 340 g/mol. The molecule has 0 unspecified atom stereocenters. The Labute approximate surface area is 144 Å². The van der Waals surface area contributed by atoms with Crippen LogP contribution in [0.4, 0.5) is 5.69 Å². The van der Waals surface area contributed by atoms with Crippen molar-refractivity contribution in [3.8, 4) is 11.3 Å². The lowest BCUT2D eigenvalue weighted by Gasteiger charge is -2.04. The van der Waals surface area contributed by atoms with E-state index >= 15 is 0 Å². The maximum absolute atomic E-state index is 12.3. The normalized spacial score (nSPS) is 11.3. The van der Waals surface area contributed by atoms with Crippen molar-refractivity contribution >= 4 is 21.6 Å². The zero-order chi connectivity index (χ0) is 18.0. The molecule has 3 aromatic rings. The van der Waals surface area contributed by atoms with E-state index in [1.165, 1.54) is 24.3 Å². The van der Waals surface area contributed by atoms with E-state index in [0.29, 0.717) is 5.69 Å². The van der Waals surface area contributed by atoms with Crippen LogP contribution < -0.4 is 10.5 Å². The van der Waals surface area contributed by atoms with Gasteiger partial charge in [0, 0.05) is 5.69 Å². The van der Waals surface area contributed by atoms with Crippen molar-refractivity contribution < 1.29 is 13.2 Å². The number of carbonyl (C=O) groups is 1. The Morgan fingerprint density at radius 1 is 1.08 bits per heavy atom. The van der Waals surface area contributed by atoms with Crippen molar-refractivity contribution in [2.45, 2.75) is 11.8 Å². The number of hydrogen-bond donors (Lipinski definition) is 3. The summed E-state index contributed by atoms with van der Waals surface area (Å²) in [6.45, 7) is 2.00. The number of carbonyl (C=O) groups excluding carboxylic acids is 1. The van der Waals surface area contributed by atoms with Crippen LogP contribution >= 0.6 is 0 Å². The van der Waals surface area contributed by atoms with E-state index in [1.807, 2.05) is 31.2 Å². The summed E-state index contributed by atoms with van der Waals surface area (Å²) in [6, 6.07) is 15.1. The molecule has 7 nitrogen and oxygen atoms in total. The molecule has 0 spiro atoms. The molecule has 128 valence electrons. The highest BCUT2D eigenvalue weighted by atomic mass is 32.2. The first-order chi connectivity index (χ1) is 11.8. The first-order valence-electron chi connectivity index (χ1n) is 7.39. The van der Waals surface area contributed by atoms with E-state index in [9.17, 15) is 13.2 Å². The minimum absolute atomic E-state index is 0.0214. The molecule has 0 bridgehead atoms. The van der Waals surface area contributed by atoms with Gasteiger partial charge in [-0.2, -0.15) is 5.10 Å². The van der Waals surface area contributed by atoms with Gasteiger partial charge in [-0.05, 0) is 42.8 Å². The van der Waals surface area contributed by atoms with Crippen molar-refractivity contribution in [2.24, 2.45) is 5.14 Å². The Hall–Kier alpha value is -2.97. The van der Waals surface area contributed by atoms with Gasteiger partial charge in [-0.1, -0.05) is 29.8 Å². The van der Waals surface area contributed by atoms with Crippen LogP contribution in [0.15, 0.2) is 59.5 Å². The van der Waals surface area contributed by atoms with E-state index in [4.69, 9.17) is 5.14 Å². The second-order valence-corrected chi connectivity index (χ2v) is 7.12. The minimum Gasteiger partial charge on any atom is -0.321 e. The molecule has 25 heavy (non-hydrogen) atoms. The lowest BCUT2D eigenvalue weighted by atomic mass is 10.1. The van der Waals surface area contributed by atoms with E-state index < -0.39 is 15.9 Å². The summed E-state index contributed by atoms with van der Waals surface area (Å²) in [6.07, 6.45) is 0. The van der Waals surface area contributed by atoms with E-state index in [-0.39, 0.29) is 10.6 Å². The maximum atomic E-state index is 12.3. The lowest BCUT2D eigenvalue weighted by Crippen LogP contribution is -2.14. The summed E-state index contributed by atoms with van der Waals surface area (Å²) in [5.41, 5.74) is 3.47. The van der Waals surface area contributed by atoms with Crippen LogP contribution in [0.2, 0.25) is 0 Å². The summed E-state index contributed by atoms with van der Waals surface area (Å²) in [4.78, 5) is 12.2. The smallest absolute Gasteiger partial charge is 0.276 e. The topological polar surface area (TPSA) is 118 Å². The maximum Gasteiger partial charge on any atom is 0.276 e. The van der Waals surface area contributed by atoms with Gasteiger partial charge >= 0.3 is 0 Å². The average molecular weight is 356 g/mol. The number of primary sulfonamides is 1. The molecule has 0 aliphatic heterocycles. The molecule has 1 amide bonds. The fraction of sp³-hybridized carbons (Fsp3) is 0.0588. The number of rotatable bonds is 4. The molecule has 0 fully saturated rings. The largest absolute Gasteiger partial charge is 0.321 e. The molecule has 1 aromatic heterocycles. The molecule has 1 heterocycles. The van der Waals surface area contributed by atoms with E-state index in [0.717, 1.165) is 16.8 Å². The van der Waals surface area contributed by atoms with Crippen molar-refractivity contribution in [1.82, 2.24) is 10.2 Å². The van der Waals surface area contributed by atoms with Gasteiger partial charge in [0.25, 0.3) is 5.91 Å². The predicted octanol–water partition coefficient (Wildman–Crippen LogP) is 2.28. The van der Waals surface area contributed by atoms with Crippen LogP contribution in [0.5, 0.6) is 0 Å². The third-order valence-electron chi connectivity index (χ3n) is 3.61. The number of amides is 1. The fourth-order valence-electron chi connectivity index (χ4n) is 2.24. The predicted molar refractivity (Wildman–Crippen MR) is 94.5 cm³/mol. The third-order valence-corrected chi connectivity index (χ3v) is 4.54. The molecule has 0 atom stereocenters. The van der Waals surface area contributed by atoms with Crippen molar-refractivity contribution in [3.63, 3.8) is 0 Å². The number of aromatic nitrogens is 2. The lowest BCUT2D eigenvalue weighted by molar-refractivity contribution is 0.102. The first-order valence-corrected chi connectivity index (χ1v) is 8.94. The van der Waals surface area contributed by atoms with Gasteiger partial charge in [-0.15, -0.1) is 0 Å². The van der Waals surface area contributed by atoms with Gasteiger partial charge in [0.1, 0.15) is 0 Å². The van der Waals surface area contributed by atoms with Crippen LogP contribution in [0.3, 0.4) is 0 Å². The van der Waals surface area contributed by atoms with Gasteiger partial charge in [0.05, 0.1) is 10.6 Å². The second-order valence-electron chi connectivity index (χ2n) is 5.56. The second kappa shape index (κ2) is 6.50. The Morgan fingerprint density at radius 2 is 1.72 bits per heavy atom. The van der Waals surface area contributed by atoms with Crippen LogP contribution in [-0.4, -0.2) is 24.5 Å². The van der Waals surface area contributed by atoms with Crippen molar-refractivity contribution in [3.05, 3.63) is 65.9 Å². The molecule has 4 N–H and O–H groups in total. The van der Waals surface area contributed by atoms with Gasteiger partial charge < -0.3 is 5.32 Å². The van der Waals surface area contributed by atoms with Crippen LogP contribution in [0, 0.1) is 6.92 Å². The highest BCUT2D eigenvalue weighted by Gasteiger charge is 2.13. The summed E-state index contributed by atoms with van der Waals surface area (Å²) >= 11 is 0. The zero-order valence-electron chi connectivity index (χ0n) is 13.4. The molecule has 0 saturated heterocycles. The number of nitrogens with two attached hydrogens (primary N) is 1. The highest BCUT2D eigenvalue weighted by Crippen LogP contribution is 2.19. The SMILES string of the molecule is Cc1ccc(-c2cc(C(=O)Nc3ccc(S(N)(=O)=O)cc3)n[nH]2)cc1. The fourth-order valence-corrected chi connectivity index (χ4v) is 2.76. The number of nitrogens with one attached hydrogen (secondary N) is 2. The summed E-state index contributed by atoms with van der Waals surface area (Å²) in [7, 11) is -3.76. The van der Waals surface area contributed by atoms with Crippen LogP contribution in [-0.2, 0) is 10.0 Å². The minimum atomic E-state index is -3.76. The van der Waals surface area contributed by atoms with Crippen molar-refractivity contribution in [1.29, 1.82) is 0 Å². The average Bonchev–Trinajstić information content (AvgIpc) is 3.05. The number of aryl methyl sites for hydroxylation is 1. The van der Waals surface area contributed by atoms with Crippen LogP contribution in [0.1, 0.15) is 16.1 Å². The Kier molecular flexibility index (Phi) is 4.39. The molecule has 8 heteroatoms. The highest BCUT2D eigenvalue weighted by molar-refractivity contribution is 7.89. The van der Waals surface area contributed by atoms with E-state index in [2.05, 4.69) is 15.5 Å².